The summed E-state index contributed by atoms with van der Waals surface area (Å²) in [6.45, 7) is 0.923. The lowest BCUT2D eigenvalue weighted by Crippen LogP contribution is -2.18. The molecule has 0 radical (unpaired) electrons. The van der Waals surface area contributed by atoms with Gasteiger partial charge in [0.1, 0.15) is 22.7 Å². The lowest BCUT2D eigenvalue weighted by atomic mass is 10.2. The van der Waals surface area contributed by atoms with E-state index in [1.165, 1.54) is 17.6 Å². The maximum Gasteiger partial charge on any atom is 0.231 e. The fourth-order valence-electron chi connectivity index (χ4n) is 4.04. The second-order valence-electron chi connectivity index (χ2n) is 7.72. The second-order valence-corrected chi connectivity index (χ2v) is 8.61. The molecular formula is C25H20N6OS. The van der Waals surface area contributed by atoms with Gasteiger partial charge in [-0.2, -0.15) is 4.98 Å². The number of nitrogens with zero attached hydrogens (tertiary/aromatic N) is 6. The fourth-order valence-corrected chi connectivity index (χ4v) is 4.76. The van der Waals surface area contributed by atoms with Gasteiger partial charge in [0.15, 0.2) is 0 Å². The van der Waals surface area contributed by atoms with E-state index in [0.717, 1.165) is 34.7 Å². The van der Waals surface area contributed by atoms with Crippen LogP contribution in [0.25, 0.3) is 10.2 Å². The Labute approximate surface area is 195 Å². The van der Waals surface area contributed by atoms with E-state index in [9.17, 15) is 0 Å². The van der Waals surface area contributed by atoms with Gasteiger partial charge in [-0.1, -0.05) is 18.2 Å². The largest absolute Gasteiger partial charge is 0.438 e. The number of aromatic nitrogens is 4. The van der Waals surface area contributed by atoms with E-state index in [1.54, 1.807) is 11.3 Å². The minimum atomic E-state index is 0.560. The molecule has 0 atom stereocenters. The van der Waals surface area contributed by atoms with Gasteiger partial charge in [-0.25, -0.2) is 15.0 Å². The summed E-state index contributed by atoms with van der Waals surface area (Å²) in [5, 5.41) is 2.90. The predicted molar refractivity (Wildman–Crippen MR) is 131 cm³/mol. The predicted octanol–water partition coefficient (Wildman–Crippen LogP) is 5.74. The zero-order chi connectivity index (χ0) is 22.2. The number of hydrogen-bond donors (Lipinski definition) is 0. The molecule has 6 rings (SSSR count). The van der Waals surface area contributed by atoms with Crippen LogP contribution < -0.4 is 14.5 Å². The maximum atomic E-state index is 6.01. The number of ether oxygens (including phenoxy) is 1. The molecule has 1 aliphatic rings. The Bertz CT molecular complexity index is 1430. The van der Waals surface area contributed by atoms with E-state index in [4.69, 9.17) is 9.72 Å². The molecule has 1 aliphatic heterocycles. The fraction of sp³-hybridized carbons (Fsp3) is 0.120. The Morgan fingerprint density at radius 2 is 1.85 bits per heavy atom. The molecule has 0 saturated heterocycles. The van der Waals surface area contributed by atoms with Gasteiger partial charge in [-0.3, -0.25) is 0 Å². The zero-order valence-electron chi connectivity index (χ0n) is 17.9. The van der Waals surface area contributed by atoms with Crippen molar-refractivity contribution in [2.75, 3.05) is 23.4 Å². The molecule has 2 aromatic carbocycles. The van der Waals surface area contributed by atoms with Crippen molar-refractivity contribution in [3.05, 3.63) is 84.1 Å². The molecule has 0 amide bonds. The van der Waals surface area contributed by atoms with Crippen LogP contribution in [-0.2, 0) is 6.42 Å². The molecular weight excluding hydrogens is 432 g/mol. The van der Waals surface area contributed by atoms with Crippen LogP contribution >= 0.6 is 11.3 Å². The first-order valence-electron chi connectivity index (χ1n) is 10.6. The van der Waals surface area contributed by atoms with Crippen LogP contribution in [0.4, 0.5) is 23.1 Å². The van der Waals surface area contributed by atoms with E-state index >= 15 is 0 Å². The first-order valence-corrected chi connectivity index (χ1v) is 11.5. The van der Waals surface area contributed by atoms with E-state index in [2.05, 4.69) is 44.1 Å². The van der Waals surface area contributed by atoms with Crippen LogP contribution in [-0.4, -0.2) is 33.5 Å². The van der Waals surface area contributed by atoms with Crippen molar-refractivity contribution in [3.8, 4) is 11.6 Å². The third-order valence-electron chi connectivity index (χ3n) is 5.76. The molecule has 0 saturated carbocycles. The molecule has 7 nitrogen and oxygen atoms in total. The van der Waals surface area contributed by atoms with Gasteiger partial charge >= 0.3 is 0 Å². The number of benzene rings is 2. The summed E-state index contributed by atoms with van der Waals surface area (Å²) >= 11 is 1.57. The van der Waals surface area contributed by atoms with Gasteiger partial charge < -0.3 is 14.5 Å². The lowest BCUT2D eigenvalue weighted by Gasteiger charge is -2.22. The summed E-state index contributed by atoms with van der Waals surface area (Å²) in [5.74, 6) is 2.81. The van der Waals surface area contributed by atoms with Crippen molar-refractivity contribution in [2.45, 2.75) is 6.42 Å². The average molecular weight is 453 g/mol. The summed E-state index contributed by atoms with van der Waals surface area (Å²) < 4.78 is 6.01. The summed E-state index contributed by atoms with van der Waals surface area (Å²) in [4.78, 5) is 23.0. The van der Waals surface area contributed by atoms with Crippen molar-refractivity contribution >= 4 is 44.7 Å². The van der Waals surface area contributed by atoms with Gasteiger partial charge in [0.25, 0.3) is 0 Å². The highest BCUT2D eigenvalue weighted by Gasteiger charge is 2.21. The quantitative estimate of drug-likeness (QED) is 0.337. The molecule has 4 heterocycles. The Morgan fingerprint density at radius 3 is 2.76 bits per heavy atom. The topological polar surface area (TPSA) is 67.3 Å². The molecule has 33 heavy (non-hydrogen) atoms. The highest BCUT2D eigenvalue weighted by atomic mass is 32.1. The Kier molecular flexibility index (Phi) is 4.84. The standard InChI is InChI=1S/C25H20N6OS/c1-30(25-26-13-10-22(29-25)31-14-11-17-4-2-3-5-21(17)31)18-6-8-19(9-7-18)32-23-20-12-15-33-24(20)28-16-27-23/h2-10,12-13,15-16H,11,14H2,1H3. The van der Waals surface area contributed by atoms with Crippen molar-refractivity contribution < 1.29 is 4.74 Å². The van der Waals surface area contributed by atoms with E-state index in [0.29, 0.717) is 17.6 Å². The van der Waals surface area contributed by atoms with Crippen LogP contribution in [0.3, 0.4) is 0 Å². The Hall–Kier alpha value is -4.04. The maximum absolute atomic E-state index is 6.01. The molecule has 5 aromatic rings. The molecule has 162 valence electrons. The normalized spacial score (nSPS) is 12.7. The Balaban J connectivity index is 1.23. The van der Waals surface area contributed by atoms with Gasteiger partial charge in [0.2, 0.25) is 11.8 Å². The van der Waals surface area contributed by atoms with E-state index in [-0.39, 0.29) is 0 Å². The zero-order valence-corrected chi connectivity index (χ0v) is 18.7. The molecule has 0 unspecified atom stereocenters. The molecule has 0 N–H and O–H groups in total. The molecule has 3 aromatic heterocycles. The summed E-state index contributed by atoms with van der Waals surface area (Å²) in [5.41, 5.74) is 3.53. The van der Waals surface area contributed by atoms with Crippen molar-refractivity contribution in [3.63, 3.8) is 0 Å². The SMILES string of the molecule is CN(c1ccc(Oc2ncnc3sccc23)cc1)c1nccc(N2CCc3ccccc32)n1. The third-order valence-corrected chi connectivity index (χ3v) is 6.58. The number of hydrogen-bond acceptors (Lipinski definition) is 8. The molecule has 0 bridgehead atoms. The van der Waals surface area contributed by atoms with Gasteiger partial charge in [-0.05, 0) is 59.8 Å². The van der Waals surface area contributed by atoms with Crippen molar-refractivity contribution in [1.29, 1.82) is 0 Å². The molecule has 0 fully saturated rings. The van der Waals surface area contributed by atoms with Crippen molar-refractivity contribution in [1.82, 2.24) is 19.9 Å². The van der Waals surface area contributed by atoms with Crippen LogP contribution in [0.15, 0.2) is 78.6 Å². The molecule has 0 aliphatic carbocycles. The molecule has 0 spiro atoms. The third kappa shape index (κ3) is 3.64. The Morgan fingerprint density at radius 1 is 0.970 bits per heavy atom. The van der Waals surface area contributed by atoms with Gasteiger partial charge in [0.05, 0.1) is 5.39 Å². The van der Waals surface area contributed by atoms with Crippen LogP contribution in [0.1, 0.15) is 5.56 Å². The molecule has 8 heteroatoms. The highest BCUT2D eigenvalue weighted by Crippen LogP contribution is 2.34. The summed E-state index contributed by atoms with van der Waals surface area (Å²) in [6, 6.07) is 20.2. The average Bonchev–Trinajstić information content (AvgIpc) is 3.52. The summed E-state index contributed by atoms with van der Waals surface area (Å²) in [7, 11) is 1.96. The van der Waals surface area contributed by atoms with E-state index < -0.39 is 0 Å². The van der Waals surface area contributed by atoms with Crippen LogP contribution in [0.2, 0.25) is 0 Å². The highest BCUT2D eigenvalue weighted by molar-refractivity contribution is 7.16. The van der Waals surface area contributed by atoms with Crippen molar-refractivity contribution in [2.24, 2.45) is 0 Å². The number of rotatable bonds is 5. The number of anilines is 4. The first kappa shape index (κ1) is 19.6. The second kappa shape index (κ2) is 8.14. The van der Waals surface area contributed by atoms with E-state index in [1.807, 2.05) is 59.9 Å². The smallest absolute Gasteiger partial charge is 0.231 e. The summed E-state index contributed by atoms with van der Waals surface area (Å²) in [6.07, 6.45) is 4.37. The van der Waals surface area contributed by atoms with Gasteiger partial charge in [0, 0.05) is 31.2 Å². The lowest BCUT2D eigenvalue weighted by molar-refractivity contribution is 0.468. The van der Waals surface area contributed by atoms with Crippen LogP contribution in [0, 0.1) is 0 Å². The number of thiophene rings is 1. The number of para-hydroxylation sites is 1. The van der Waals surface area contributed by atoms with Gasteiger partial charge in [-0.15, -0.1) is 11.3 Å². The van der Waals surface area contributed by atoms with Crippen LogP contribution in [0.5, 0.6) is 11.6 Å². The minimum absolute atomic E-state index is 0.560. The first-order chi connectivity index (χ1) is 16.3. The minimum Gasteiger partial charge on any atom is -0.438 e. The number of fused-ring (bicyclic) bond motifs is 2. The monoisotopic (exact) mass is 452 g/mol.